The van der Waals surface area contributed by atoms with Crippen LogP contribution in [0.1, 0.15) is 39.2 Å². The number of hydrogen-bond donors (Lipinski definition) is 1. The number of aromatic nitrogens is 1. The summed E-state index contributed by atoms with van der Waals surface area (Å²) in [5.74, 6) is -1.24. The molecule has 5 nitrogen and oxygen atoms in total. The van der Waals surface area contributed by atoms with Crippen LogP contribution >= 0.6 is 0 Å². The van der Waals surface area contributed by atoms with Crippen molar-refractivity contribution in [3.8, 4) is 0 Å². The molecule has 1 aromatic rings. The van der Waals surface area contributed by atoms with E-state index in [0.29, 0.717) is 19.4 Å². The highest BCUT2D eigenvalue weighted by Crippen LogP contribution is 2.68. The highest BCUT2D eigenvalue weighted by atomic mass is 16.2. The molecule has 1 aromatic heterocycles. The first-order valence-electron chi connectivity index (χ1n) is 7.54. The maximum atomic E-state index is 12.8. The van der Waals surface area contributed by atoms with Gasteiger partial charge in [0.2, 0.25) is 17.5 Å². The number of hydrogen-bond acceptors (Lipinski definition) is 4. The molecular weight excluding hydrogens is 280 g/mol. The lowest BCUT2D eigenvalue weighted by Gasteiger charge is -2.37. The number of ketones is 2. The van der Waals surface area contributed by atoms with Gasteiger partial charge in [-0.15, -0.1) is 0 Å². The minimum atomic E-state index is -1.22. The van der Waals surface area contributed by atoms with E-state index in [1.54, 1.807) is 18.5 Å². The van der Waals surface area contributed by atoms with E-state index in [-0.39, 0.29) is 11.7 Å². The van der Waals surface area contributed by atoms with Gasteiger partial charge in [0.15, 0.2) is 0 Å². The molecule has 0 aliphatic heterocycles. The second kappa shape index (κ2) is 4.48. The number of rotatable bonds is 3. The molecule has 2 bridgehead atoms. The van der Waals surface area contributed by atoms with Gasteiger partial charge in [0.25, 0.3) is 0 Å². The van der Waals surface area contributed by atoms with Crippen LogP contribution in [0.3, 0.4) is 0 Å². The van der Waals surface area contributed by atoms with Gasteiger partial charge in [0.1, 0.15) is 5.41 Å². The third-order valence-electron chi connectivity index (χ3n) is 6.10. The molecule has 2 aliphatic rings. The normalized spacial score (nSPS) is 32.3. The number of nitrogens with zero attached hydrogens (tertiary/aromatic N) is 1. The van der Waals surface area contributed by atoms with E-state index in [4.69, 9.17) is 0 Å². The molecule has 2 aliphatic carbocycles. The van der Waals surface area contributed by atoms with Gasteiger partial charge in [-0.3, -0.25) is 19.4 Å². The first-order chi connectivity index (χ1) is 10.3. The molecule has 1 N–H and O–H groups in total. The zero-order chi connectivity index (χ0) is 16.2. The average molecular weight is 300 g/mol. The van der Waals surface area contributed by atoms with Gasteiger partial charge >= 0.3 is 0 Å². The van der Waals surface area contributed by atoms with Gasteiger partial charge in [-0.2, -0.15) is 0 Å². The third-order valence-corrected chi connectivity index (χ3v) is 6.10. The van der Waals surface area contributed by atoms with Crippen molar-refractivity contribution in [2.75, 3.05) is 0 Å². The quantitative estimate of drug-likeness (QED) is 0.680. The van der Waals surface area contributed by atoms with Crippen molar-refractivity contribution < 1.29 is 14.4 Å². The van der Waals surface area contributed by atoms with Crippen molar-refractivity contribution >= 4 is 17.5 Å². The van der Waals surface area contributed by atoms with Gasteiger partial charge in [-0.05, 0) is 29.9 Å². The Hall–Kier alpha value is -2.04. The van der Waals surface area contributed by atoms with Crippen LogP contribution in [0.15, 0.2) is 24.5 Å². The van der Waals surface area contributed by atoms with Crippen molar-refractivity contribution in [1.82, 2.24) is 10.3 Å². The van der Waals surface area contributed by atoms with E-state index in [0.717, 1.165) is 5.56 Å². The van der Waals surface area contributed by atoms with Crippen LogP contribution in [0.2, 0.25) is 0 Å². The summed E-state index contributed by atoms with van der Waals surface area (Å²) in [7, 11) is 0. The summed E-state index contributed by atoms with van der Waals surface area (Å²) >= 11 is 0. The van der Waals surface area contributed by atoms with Crippen LogP contribution in [-0.2, 0) is 20.9 Å². The van der Waals surface area contributed by atoms with Crippen LogP contribution in [0.5, 0.6) is 0 Å². The summed E-state index contributed by atoms with van der Waals surface area (Å²) in [6.45, 7) is 5.86. The first kappa shape index (κ1) is 14.9. The average Bonchev–Trinajstić information content (AvgIpc) is 2.78. The van der Waals surface area contributed by atoms with Crippen LogP contribution in [0.25, 0.3) is 0 Å². The van der Waals surface area contributed by atoms with Gasteiger partial charge in [-0.25, -0.2) is 0 Å². The molecule has 22 heavy (non-hydrogen) atoms. The lowest BCUT2D eigenvalue weighted by molar-refractivity contribution is -0.149. The molecule has 0 saturated heterocycles. The van der Waals surface area contributed by atoms with Gasteiger partial charge < -0.3 is 5.32 Å². The van der Waals surface area contributed by atoms with Crippen molar-refractivity contribution in [3.63, 3.8) is 0 Å². The molecule has 2 saturated carbocycles. The topological polar surface area (TPSA) is 76.1 Å². The van der Waals surface area contributed by atoms with Crippen molar-refractivity contribution in [2.45, 2.75) is 40.2 Å². The van der Waals surface area contributed by atoms with E-state index in [9.17, 15) is 14.4 Å². The predicted octanol–water partition coefficient (Wildman–Crippen LogP) is 1.66. The summed E-state index contributed by atoms with van der Waals surface area (Å²) < 4.78 is 0. The van der Waals surface area contributed by atoms with Gasteiger partial charge in [0.05, 0.1) is 0 Å². The first-order valence-corrected chi connectivity index (χ1v) is 7.54. The van der Waals surface area contributed by atoms with Crippen LogP contribution in [-0.4, -0.2) is 22.5 Å². The summed E-state index contributed by atoms with van der Waals surface area (Å²) in [4.78, 5) is 41.7. The molecular formula is C17H20N2O3. The standard InChI is InChI=1S/C17H20N2O3/c1-15(2)16(3)6-7-17(15,13(21)12(16)20)14(22)19-10-11-5-4-8-18-9-11/h4-5,8-9H,6-7,10H2,1-3H3,(H,19,22)/t16-,17-/m0/s1. The van der Waals surface area contributed by atoms with Gasteiger partial charge in [-0.1, -0.05) is 26.8 Å². The largest absolute Gasteiger partial charge is 0.351 e. The Morgan fingerprint density at radius 3 is 2.50 bits per heavy atom. The number of Topliss-reactive ketones (excluding diaryl/α,β-unsaturated/α-hetero) is 2. The number of carbonyl (C=O) groups excluding carboxylic acids is 3. The highest BCUT2D eigenvalue weighted by molar-refractivity contribution is 6.48. The van der Waals surface area contributed by atoms with Crippen molar-refractivity contribution in [2.24, 2.45) is 16.2 Å². The molecule has 2 atom stereocenters. The smallest absolute Gasteiger partial charge is 0.235 e. The number of nitrogens with one attached hydrogen (secondary N) is 1. The zero-order valence-corrected chi connectivity index (χ0v) is 13.1. The molecule has 1 heterocycles. The van der Waals surface area contributed by atoms with E-state index in [2.05, 4.69) is 10.3 Å². The fourth-order valence-electron chi connectivity index (χ4n) is 4.11. The number of amides is 1. The Morgan fingerprint density at radius 2 is 1.95 bits per heavy atom. The second-order valence-corrected chi connectivity index (χ2v) is 7.06. The van der Waals surface area contributed by atoms with E-state index < -0.39 is 22.0 Å². The molecule has 2 fully saturated rings. The molecule has 116 valence electrons. The van der Waals surface area contributed by atoms with E-state index >= 15 is 0 Å². The fraction of sp³-hybridized carbons (Fsp3) is 0.529. The summed E-state index contributed by atoms with van der Waals surface area (Å²) in [6, 6.07) is 3.65. The Bertz CT molecular complexity index is 668. The fourth-order valence-corrected chi connectivity index (χ4v) is 4.11. The SMILES string of the molecule is CC1(C)[C@@]2(C(=O)NCc3cccnc3)CC[C@@]1(C)C(=O)C2=O. The number of fused-ring (bicyclic) bond motifs is 2. The Balaban J connectivity index is 1.88. The maximum absolute atomic E-state index is 12.8. The lowest BCUT2D eigenvalue weighted by atomic mass is 9.64. The van der Waals surface area contributed by atoms with E-state index in [1.165, 1.54) is 0 Å². The Labute approximate surface area is 129 Å². The summed E-state index contributed by atoms with van der Waals surface area (Å²) in [5, 5.41) is 2.83. The molecule has 0 spiro atoms. The van der Waals surface area contributed by atoms with Crippen LogP contribution < -0.4 is 5.32 Å². The van der Waals surface area contributed by atoms with Crippen LogP contribution in [0.4, 0.5) is 0 Å². The molecule has 0 radical (unpaired) electrons. The zero-order valence-electron chi connectivity index (χ0n) is 13.1. The minimum absolute atomic E-state index is 0.308. The van der Waals surface area contributed by atoms with Crippen molar-refractivity contribution in [1.29, 1.82) is 0 Å². The molecule has 0 aromatic carbocycles. The van der Waals surface area contributed by atoms with Crippen molar-refractivity contribution in [3.05, 3.63) is 30.1 Å². The summed E-state index contributed by atoms with van der Waals surface area (Å²) in [5.41, 5.74) is -1.74. The van der Waals surface area contributed by atoms with E-state index in [1.807, 2.05) is 26.8 Å². The van der Waals surface area contributed by atoms with Gasteiger partial charge in [0, 0.05) is 24.4 Å². The summed E-state index contributed by atoms with van der Waals surface area (Å²) in [6.07, 6.45) is 4.36. The maximum Gasteiger partial charge on any atom is 0.235 e. The molecule has 1 amide bonds. The Kier molecular flexibility index (Phi) is 3.03. The third kappa shape index (κ3) is 1.54. The predicted molar refractivity (Wildman–Crippen MR) is 79.7 cm³/mol. The molecule has 0 unspecified atom stereocenters. The number of pyridine rings is 1. The monoisotopic (exact) mass is 300 g/mol. The highest BCUT2D eigenvalue weighted by Gasteiger charge is 2.77. The lowest BCUT2D eigenvalue weighted by Crippen LogP contribution is -2.50. The Morgan fingerprint density at radius 1 is 1.23 bits per heavy atom. The van der Waals surface area contributed by atoms with Crippen LogP contribution in [0, 0.1) is 16.2 Å². The molecule has 5 heteroatoms. The molecule has 3 rings (SSSR count). The number of carbonyl (C=O) groups is 3. The minimum Gasteiger partial charge on any atom is -0.351 e. The second-order valence-electron chi connectivity index (χ2n) is 7.06.